The van der Waals surface area contributed by atoms with Gasteiger partial charge in [-0.15, -0.1) is 0 Å². The van der Waals surface area contributed by atoms with Crippen LogP contribution in [0.4, 0.5) is 10.1 Å². The van der Waals surface area contributed by atoms with Gasteiger partial charge in [0.05, 0.1) is 4.91 Å². The lowest BCUT2D eigenvalue weighted by Gasteiger charge is -2.47. The maximum Gasteiger partial charge on any atom is 0.263 e. The molecule has 1 atom stereocenters. The molecular formula is C19H23FN2OS2. The molecule has 0 bridgehead atoms. The maximum atomic E-state index is 14.8. The Kier molecular flexibility index (Phi) is 4.95. The first-order valence-corrected chi connectivity index (χ1v) is 9.81. The topological polar surface area (TPSA) is 32.3 Å². The molecule has 1 fully saturated rings. The number of carbonyl (C=O) groups excluding carboxylic acids is 1. The summed E-state index contributed by atoms with van der Waals surface area (Å²) < 4.78 is 15.2. The van der Waals surface area contributed by atoms with E-state index < -0.39 is 0 Å². The molecule has 1 aromatic rings. The highest BCUT2D eigenvalue weighted by molar-refractivity contribution is 8.26. The summed E-state index contributed by atoms with van der Waals surface area (Å²) in [6, 6.07) is 3.53. The molecule has 2 heterocycles. The maximum absolute atomic E-state index is 14.8. The van der Waals surface area contributed by atoms with Gasteiger partial charge in [0.15, 0.2) is 0 Å². The number of fused-ring (bicyclic) bond motifs is 1. The SMILES string of the molecule is CCCN1c2cc(F)c(/C=C3\SC(=S)NC3=O)cc2C(C)CC1(C)C. The average Bonchev–Trinajstić information content (AvgIpc) is 2.82. The van der Waals surface area contributed by atoms with E-state index in [1.807, 2.05) is 6.07 Å². The molecule has 1 saturated heterocycles. The smallest absolute Gasteiger partial charge is 0.263 e. The number of amides is 1. The molecule has 0 radical (unpaired) electrons. The number of thioether (sulfide) groups is 1. The van der Waals surface area contributed by atoms with Gasteiger partial charge in [-0.1, -0.05) is 37.8 Å². The van der Waals surface area contributed by atoms with E-state index in [1.165, 1.54) is 11.8 Å². The predicted molar refractivity (Wildman–Crippen MR) is 107 cm³/mol. The lowest BCUT2D eigenvalue weighted by Crippen LogP contribution is -2.48. The van der Waals surface area contributed by atoms with Crippen molar-refractivity contribution in [3.63, 3.8) is 0 Å². The quantitative estimate of drug-likeness (QED) is 0.604. The number of anilines is 1. The number of benzene rings is 1. The fraction of sp³-hybridized carbons (Fsp3) is 0.474. The Morgan fingerprint density at radius 1 is 1.48 bits per heavy atom. The van der Waals surface area contributed by atoms with Gasteiger partial charge in [0, 0.05) is 23.3 Å². The van der Waals surface area contributed by atoms with Crippen molar-refractivity contribution >= 4 is 46.0 Å². The first-order chi connectivity index (χ1) is 11.7. The van der Waals surface area contributed by atoms with Crippen molar-refractivity contribution in [1.82, 2.24) is 5.32 Å². The lowest BCUT2D eigenvalue weighted by atomic mass is 9.79. The molecule has 134 valence electrons. The number of carbonyl (C=O) groups is 1. The molecular weight excluding hydrogens is 355 g/mol. The summed E-state index contributed by atoms with van der Waals surface area (Å²) in [6.45, 7) is 9.67. The van der Waals surface area contributed by atoms with E-state index in [-0.39, 0.29) is 17.3 Å². The van der Waals surface area contributed by atoms with Crippen LogP contribution in [-0.2, 0) is 4.79 Å². The van der Waals surface area contributed by atoms with Crippen LogP contribution in [0, 0.1) is 5.82 Å². The Balaban J connectivity index is 2.07. The third-order valence-electron chi connectivity index (χ3n) is 4.88. The highest BCUT2D eigenvalue weighted by Crippen LogP contribution is 2.44. The third kappa shape index (κ3) is 3.47. The van der Waals surface area contributed by atoms with Crippen molar-refractivity contribution in [2.45, 2.75) is 52.0 Å². The minimum Gasteiger partial charge on any atom is -0.366 e. The fourth-order valence-corrected chi connectivity index (χ4v) is 4.88. The van der Waals surface area contributed by atoms with Gasteiger partial charge >= 0.3 is 0 Å². The molecule has 1 unspecified atom stereocenters. The second-order valence-electron chi connectivity index (χ2n) is 7.35. The van der Waals surface area contributed by atoms with Gasteiger partial charge in [-0.3, -0.25) is 4.79 Å². The molecule has 0 aromatic heterocycles. The molecule has 1 N–H and O–H groups in total. The lowest BCUT2D eigenvalue weighted by molar-refractivity contribution is -0.115. The molecule has 0 aliphatic carbocycles. The molecule has 2 aliphatic rings. The van der Waals surface area contributed by atoms with Crippen LogP contribution in [0.1, 0.15) is 57.6 Å². The van der Waals surface area contributed by atoms with Crippen LogP contribution in [0.25, 0.3) is 6.08 Å². The van der Waals surface area contributed by atoms with Gasteiger partial charge in [0.2, 0.25) is 0 Å². The predicted octanol–water partition coefficient (Wildman–Crippen LogP) is 4.82. The highest BCUT2D eigenvalue weighted by Gasteiger charge is 2.36. The van der Waals surface area contributed by atoms with Crippen LogP contribution in [-0.4, -0.2) is 22.3 Å². The van der Waals surface area contributed by atoms with Crippen molar-refractivity contribution in [1.29, 1.82) is 0 Å². The van der Waals surface area contributed by atoms with Crippen LogP contribution in [0.2, 0.25) is 0 Å². The van der Waals surface area contributed by atoms with E-state index in [0.29, 0.717) is 20.7 Å². The molecule has 2 aliphatic heterocycles. The Morgan fingerprint density at radius 3 is 2.80 bits per heavy atom. The van der Waals surface area contributed by atoms with Crippen LogP contribution >= 0.6 is 24.0 Å². The third-order valence-corrected chi connectivity index (χ3v) is 6.04. The number of nitrogens with zero attached hydrogens (tertiary/aromatic N) is 1. The van der Waals surface area contributed by atoms with Crippen molar-refractivity contribution in [2.75, 3.05) is 11.4 Å². The minimum atomic E-state index is -0.302. The van der Waals surface area contributed by atoms with Crippen molar-refractivity contribution in [2.24, 2.45) is 0 Å². The van der Waals surface area contributed by atoms with Crippen LogP contribution in [0.5, 0.6) is 0 Å². The Morgan fingerprint density at radius 2 is 2.20 bits per heavy atom. The number of hydrogen-bond donors (Lipinski definition) is 1. The van der Waals surface area contributed by atoms with Crippen molar-refractivity contribution in [3.8, 4) is 0 Å². The number of nitrogens with one attached hydrogen (secondary N) is 1. The standard InChI is InChI=1S/C19H23FN2OS2/c1-5-6-22-15-9-14(20)12(8-16-17(23)21-18(24)25-16)7-13(15)11(2)10-19(22,3)4/h7-9,11H,5-6,10H2,1-4H3,(H,21,23,24)/b16-8-. The van der Waals surface area contributed by atoms with Gasteiger partial charge in [0.1, 0.15) is 10.1 Å². The van der Waals surface area contributed by atoms with Gasteiger partial charge in [-0.05, 0) is 56.4 Å². The molecule has 0 spiro atoms. The average molecular weight is 379 g/mol. The zero-order valence-electron chi connectivity index (χ0n) is 15.0. The molecule has 3 nitrogen and oxygen atoms in total. The molecule has 3 rings (SSSR count). The number of rotatable bonds is 3. The molecule has 1 aromatic carbocycles. The monoisotopic (exact) mass is 378 g/mol. The number of hydrogen-bond acceptors (Lipinski definition) is 4. The molecule has 6 heteroatoms. The summed E-state index contributed by atoms with van der Waals surface area (Å²) in [6.07, 6.45) is 3.63. The van der Waals surface area contributed by atoms with Gasteiger partial charge < -0.3 is 10.2 Å². The van der Waals surface area contributed by atoms with E-state index in [0.717, 1.165) is 30.6 Å². The summed E-state index contributed by atoms with van der Waals surface area (Å²) in [5.74, 6) is -0.223. The van der Waals surface area contributed by atoms with Gasteiger partial charge in [-0.2, -0.15) is 0 Å². The van der Waals surface area contributed by atoms with E-state index in [1.54, 1.807) is 12.1 Å². The van der Waals surface area contributed by atoms with E-state index in [4.69, 9.17) is 12.2 Å². The van der Waals surface area contributed by atoms with Crippen molar-refractivity contribution in [3.05, 3.63) is 34.0 Å². The first kappa shape index (κ1) is 18.4. The summed E-state index contributed by atoms with van der Waals surface area (Å²) in [5, 5.41) is 2.57. The van der Waals surface area contributed by atoms with Crippen molar-refractivity contribution < 1.29 is 9.18 Å². The molecule has 25 heavy (non-hydrogen) atoms. The largest absolute Gasteiger partial charge is 0.366 e. The summed E-state index contributed by atoms with van der Waals surface area (Å²) in [7, 11) is 0. The minimum absolute atomic E-state index is 0.00221. The van der Waals surface area contributed by atoms with Crippen LogP contribution in [0.15, 0.2) is 17.0 Å². The Labute approximate surface area is 158 Å². The zero-order chi connectivity index (χ0) is 18.4. The summed E-state index contributed by atoms with van der Waals surface area (Å²) >= 11 is 6.18. The fourth-order valence-electron chi connectivity index (χ4n) is 3.84. The second-order valence-corrected chi connectivity index (χ2v) is 9.07. The summed E-state index contributed by atoms with van der Waals surface area (Å²) in [5.41, 5.74) is 2.57. The number of thiocarbonyl (C=S) groups is 1. The van der Waals surface area contributed by atoms with E-state index >= 15 is 0 Å². The van der Waals surface area contributed by atoms with Crippen LogP contribution in [0.3, 0.4) is 0 Å². The van der Waals surface area contributed by atoms with Crippen LogP contribution < -0.4 is 10.2 Å². The second kappa shape index (κ2) is 6.72. The molecule has 0 saturated carbocycles. The normalized spacial score (nSPS) is 23.8. The Bertz CT molecular complexity index is 773. The first-order valence-electron chi connectivity index (χ1n) is 8.59. The molecule has 1 amide bonds. The van der Waals surface area contributed by atoms with E-state index in [2.05, 4.69) is 37.9 Å². The zero-order valence-corrected chi connectivity index (χ0v) is 16.6. The summed E-state index contributed by atoms with van der Waals surface area (Å²) in [4.78, 5) is 14.6. The van der Waals surface area contributed by atoms with Gasteiger partial charge in [-0.25, -0.2) is 4.39 Å². The van der Waals surface area contributed by atoms with E-state index in [9.17, 15) is 9.18 Å². The highest BCUT2D eigenvalue weighted by atomic mass is 32.2. The Hall–Kier alpha value is -1.40. The number of halogens is 1. The van der Waals surface area contributed by atoms with Gasteiger partial charge in [0.25, 0.3) is 5.91 Å².